The highest BCUT2D eigenvalue weighted by Crippen LogP contribution is 2.11. The highest BCUT2D eigenvalue weighted by Gasteiger charge is 2.13. The van der Waals surface area contributed by atoms with Gasteiger partial charge in [0.05, 0.1) is 4.90 Å². The van der Waals surface area contributed by atoms with Crippen molar-refractivity contribution in [1.29, 1.82) is 0 Å². The van der Waals surface area contributed by atoms with Crippen molar-refractivity contribution in [3.05, 3.63) is 29.8 Å². The number of aliphatic hydroxyl groups excluding tert-OH is 1. The summed E-state index contributed by atoms with van der Waals surface area (Å²) in [6.45, 7) is 4.40. The third-order valence-electron chi connectivity index (χ3n) is 2.32. The fourth-order valence-electron chi connectivity index (χ4n) is 1.32. The smallest absolute Gasteiger partial charge is 0.240 e. The maximum Gasteiger partial charge on any atom is 0.240 e. The number of aliphatic hydroxyl groups is 1. The van der Waals surface area contributed by atoms with Crippen molar-refractivity contribution in [3.63, 3.8) is 0 Å². The standard InChI is InChI=1S/C12H19NO3S/c1-10(2)9-13-17(15,16)12-5-3-11(4-6-12)7-8-14/h3-6,10,13-14H,7-9H2,1-2H3. The van der Waals surface area contributed by atoms with Crippen LogP contribution in [0.4, 0.5) is 0 Å². The molecule has 0 bridgehead atoms. The molecule has 0 aromatic heterocycles. The van der Waals surface area contributed by atoms with Gasteiger partial charge in [-0.25, -0.2) is 13.1 Å². The molecule has 0 unspecified atom stereocenters. The summed E-state index contributed by atoms with van der Waals surface area (Å²) in [7, 11) is -3.40. The van der Waals surface area contributed by atoms with E-state index in [2.05, 4.69) is 4.72 Å². The molecule has 0 fully saturated rings. The minimum atomic E-state index is -3.40. The Morgan fingerprint density at radius 3 is 2.29 bits per heavy atom. The van der Waals surface area contributed by atoms with Crippen molar-refractivity contribution in [2.24, 2.45) is 5.92 Å². The Kier molecular flexibility index (Phi) is 5.11. The van der Waals surface area contributed by atoms with Crippen LogP contribution in [0.1, 0.15) is 19.4 Å². The maximum absolute atomic E-state index is 11.8. The first-order chi connectivity index (χ1) is 7.95. The zero-order valence-corrected chi connectivity index (χ0v) is 11.0. The summed E-state index contributed by atoms with van der Waals surface area (Å²) in [5.74, 6) is 0.276. The highest BCUT2D eigenvalue weighted by atomic mass is 32.2. The topological polar surface area (TPSA) is 66.4 Å². The summed E-state index contributed by atoms with van der Waals surface area (Å²) >= 11 is 0. The van der Waals surface area contributed by atoms with Crippen molar-refractivity contribution < 1.29 is 13.5 Å². The quantitative estimate of drug-likeness (QED) is 0.803. The van der Waals surface area contributed by atoms with E-state index in [0.717, 1.165) is 5.56 Å². The van der Waals surface area contributed by atoms with Crippen molar-refractivity contribution in [1.82, 2.24) is 4.72 Å². The third kappa shape index (κ3) is 4.46. The van der Waals surface area contributed by atoms with E-state index in [1.54, 1.807) is 24.3 Å². The van der Waals surface area contributed by atoms with Crippen LogP contribution in [-0.4, -0.2) is 26.7 Å². The monoisotopic (exact) mass is 257 g/mol. The van der Waals surface area contributed by atoms with Crippen LogP contribution in [-0.2, 0) is 16.4 Å². The lowest BCUT2D eigenvalue weighted by molar-refractivity contribution is 0.299. The average Bonchev–Trinajstić information content (AvgIpc) is 2.28. The number of rotatable bonds is 6. The summed E-state index contributed by atoms with van der Waals surface area (Å²) in [6.07, 6.45) is 0.541. The van der Waals surface area contributed by atoms with Crippen molar-refractivity contribution in [2.75, 3.05) is 13.2 Å². The van der Waals surface area contributed by atoms with Gasteiger partial charge in [-0.3, -0.25) is 0 Å². The Hall–Kier alpha value is -0.910. The van der Waals surface area contributed by atoms with E-state index in [4.69, 9.17) is 5.11 Å². The summed E-state index contributed by atoms with van der Waals surface area (Å²) in [5, 5.41) is 8.76. The van der Waals surface area contributed by atoms with Crippen LogP contribution in [0, 0.1) is 5.92 Å². The lowest BCUT2D eigenvalue weighted by Gasteiger charge is -2.09. The van der Waals surface area contributed by atoms with Gasteiger partial charge >= 0.3 is 0 Å². The van der Waals surface area contributed by atoms with E-state index in [0.29, 0.717) is 13.0 Å². The lowest BCUT2D eigenvalue weighted by atomic mass is 10.2. The number of benzene rings is 1. The van der Waals surface area contributed by atoms with Crippen LogP contribution in [0.3, 0.4) is 0 Å². The molecule has 1 rings (SSSR count). The number of nitrogens with one attached hydrogen (secondary N) is 1. The SMILES string of the molecule is CC(C)CNS(=O)(=O)c1ccc(CCO)cc1. The molecule has 0 aliphatic carbocycles. The zero-order valence-electron chi connectivity index (χ0n) is 10.2. The molecule has 1 aromatic carbocycles. The molecule has 0 atom stereocenters. The van der Waals surface area contributed by atoms with Crippen LogP contribution >= 0.6 is 0 Å². The molecule has 0 radical (unpaired) electrons. The van der Waals surface area contributed by atoms with Crippen LogP contribution in [0.25, 0.3) is 0 Å². The first-order valence-corrected chi connectivity index (χ1v) is 7.13. The zero-order chi connectivity index (χ0) is 12.9. The van der Waals surface area contributed by atoms with E-state index in [9.17, 15) is 8.42 Å². The predicted octanol–water partition coefficient (Wildman–Crippen LogP) is 1.16. The van der Waals surface area contributed by atoms with E-state index in [1.807, 2.05) is 13.8 Å². The van der Waals surface area contributed by atoms with Gasteiger partial charge < -0.3 is 5.11 Å². The van der Waals surface area contributed by atoms with E-state index >= 15 is 0 Å². The molecule has 0 aliphatic heterocycles. The minimum Gasteiger partial charge on any atom is -0.396 e. The molecule has 0 saturated heterocycles. The van der Waals surface area contributed by atoms with Gasteiger partial charge in [0.2, 0.25) is 10.0 Å². The third-order valence-corrected chi connectivity index (χ3v) is 3.76. The molecular weight excluding hydrogens is 238 g/mol. The van der Waals surface area contributed by atoms with Crippen LogP contribution < -0.4 is 4.72 Å². The molecule has 2 N–H and O–H groups in total. The molecule has 0 heterocycles. The summed E-state index contributed by atoms with van der Waals surface area (Å²) < 4.78 is 26.2. The van der Waals surface area contributed by atoms with Gasteiger partial charge in [-0.05, 0) is 30.0 Å². The largest absolute Gasteiger partial charge is 0.396 e. The number of hydrogen-bond donors (Lipinski definition) is 2. The van der Waals surface area contributed by atoms with Crippen molar-refractivity contribution in [2.45, 2.75) is 25.2 Å². The minimum absolute atomic E-state index is 0.0672. The Balaban J connectivity index is 2.77. The van der Waals surface area contributed by atoms with Gasteiger partial charge in [-0.2, -0.15) is 0 Å². The molecule has 96 valence electrons. The number of sulfonamides is 1. The molecule has 0 spiro atoms. The van der Waals surface area contributed by atoms with Gasteiger partial charge in [0.25, 0.3) is 0 Å². The Bertz CT molecular complexity index is 437. The Labute approximate surface area is 103 Å². The Morgan fingerprint density at radius 1 is 1.24 bits per heavy atom. The van der Waals surface area contributed by atoms with E-state index in [-0.39, 0.29) is 17.4 Å². The molecular formula is C12H19NO3S. The molecule has 0 saturated carbocycles. The normalized spacial score (nSPS) is 12.0. The first kappa shape index (κ1) is 14.2. The van der Waals surface area contributed by atoms with E-state index < -0.39 is 10.0 Å². The number of hydrogen-bond acceptors (Lipinski definition) is 3. The van der Waals surface area contributed by atoms with Gasteiger partial charge in [0.1, 0.15) is 0 Å². The van der Waals surface area contributed by atoms with Crippen LogP contribution in [0.5, 0.6) is 0 Å². The molecule has 0 amide bonds. The van der Waals surface area contributed by atoms with Gasteiger partial charge in [-0.15, -0.1) is 0 Å². The molecule has 5 heteroatoms. The molecule has 1 aromatic rings. The molecule has 4 nitrogen and oxygen atoms in total. The second-order valence-electron chi connectivity index (χ2n) is 4.36. The summed E-state index contributed by atoms with van der Waals surface area (Å²) in [6, 6.07) is 6.57. The second kappa shape index (κ2) is 6.14. The van der Waals surface area contributed by atoms with E-state index in [1.165, 1.54) is 0 Å². The second-order valence-corrected chi connectivity index (χ2v) is 6.13. The summed E-state index contributed by atoms with van der Waals surface area (Å²) in [5.41, 5.74) is 0.926. The van der Waals surface area contributed by atoms with Gasteiger partial charge in [-0.1, -0.05) is 26.0 Å². The van der Waals surface area contributed by atoms with Gasteiger partial charge in [0, 0.05) is 13.2 Å². The lowest BCUT2D eigenvalue weighted by Crippen LogP contribution is -2.27. The summed E-state index contributed by atoms with van der Waals surface area (Å²) in [4.78, 5) is 0.264. The molecule has 0 aliphatic rings. The van der Waals surface area contributed by atoms with Crippen LogP contribution in [0.15, 0.2) is 29.2 Å². The molecule has 17 heavy (non-hydrogen) atoms. The van der Waals surface area contributed by atoms with Crippen molar-refractivity contribution >= 4 is 10.0 Å². The Morgan fingerprint density at radius 2 is 1.82 bits per heavy atom. The highest BCUT2D eigenvalue weighted by molar-refractivity contribution is 7.89. The van der Waals surface area contributed by atoms with Crippen LogP contribution in [0.2, 0.25) is 0 Å². The van der Waals surface area contributed by atoms with Gasteiger partial charge in [0.15, 0.2) is 0 Å². The predicted molar refractivity (Wildman–Crippen MR) is 67.3 cm³/mol. The first-order valence-electron chi connectivity index (χ1n) is 5.65. The maximum atomic E-state index is 11.8. The fraction of sp³-hybridized carbons (Fsp3) is 0.500. The average molecular weight is 257 g/mol. The fourth-order valence-corrected chi connectivity index (χ4v) is 2.54. The van der Waals surface area contributed by atoms with Crippen molar-refractivity contribution in [3.8, 4) is 0 Å².